The molecular formula is C15H19N3O2. The number of anilines is 1. The van der Waals surface area contributed by atoms with Crippen molar-refractivity contribution in [2.75, 3.05) is 5.73 Å². The maximum Gasteiger partial charge on any atom is 0.357 e. The minimum atomic E-state index is -1.08. The lowest BCUT2D eigenvalue weighted by Gasteiger charge is -2.19. The maximum atomic E-state index is 11.3. The molecule has 0 saturated heterocycles. The van der Waals surface area contributed by atoms with Crippen molar-refractivity contribution < 1.29 is 9.90 Å². The summed E-state index contributed by atoms with van der Waals surface area (Å²) >= 11 is 0. The molecule has 2 aromatic rings. The predicted molar refractivity (Wildman–Crippen MR) is 78.7 cm³/mol. The number of hydrogen-bond donors (Lipinski definition) is 2. The second-order valence-corrected chi connectivity index (χ2v) is 5.86. The van der Waals surface area contributed by atoms with Gasteiger partial charge >= 0.3 is 5.97 Å². The molecule has 0 saturated carbocycles. The summed E-state index contributed by atoms with van der Waals surface area (Å²) in [5.74, 6) is -0.724. The van der Waals surface area contributed by atoms with E-state index in [1.165, 1.54) is 10.2 Å². The Kier molecular flexibility index (Phi) is 3.29. The Balaban J connectivity index is 2.55. The van der Waals surface area contributed by atoms with Gasteiger partial charge in [0.05, 0.1) is 5.56 Å². The molecule has 0 aliphatic rings. The van der Waals surface area contributed by atoms with Crippen LogP contribution in [0.2, 0.25) is 0 Å². The molecule has 0 aliphatic carbocycles. The summed E-state index contributed by atoms with van der Waals surface area (Å²) in [4.78, 5) is 11.3. The van der Waals surface area contributed by atoms with Gasteiger partial charge in [-0.2, -0.15) is 5.10 Å². The fraction of sp³-hybridized carbons (Fsp3) is 0.333. The van der Waals surface area contributed by atoms with Gasteiger partial charge in [-0.05, 0) is 16.5 Å². The number of nitrogens with zero attached hydrogens (tertiary/aromatic N) is 2. The molecule has 1 aromatic heterocycles. The van der Waals surface area contributed by atoms with Gasteiger partial charge in [-0.25, -0.2) is 4.79 Å². The molecule has 0 aliphatic heterocycles. The lowest BCUT2D eigenvalue weighted by molar-refractivity contribution is 0.0690. The van der Waals surface area contributed by atoms with E-state index in [2.05, 4.69) is 25.9 Å². The first-order chi connectivity index (χ1) is 9.21. The van der Waals surface area contributed by atoms with Crippen molar-refractivity contribution in [1.82, 2.24) is 9.78 Å². The molecule has 3 N–H and O–H groups in total. The minimum Gasteiger partial charge on any atom is -0.476 e. The number of rotatable bonds is 2. The van der Waals surface area contributed by atoms with Gasteiger partial charge in [0, 0.05) is 7.05 Å². The van der Waals surface area contributed by atoms with Crippen molar-refractivity contribution in [3.63, 3.8) is 0 Å². The maximum absolute atomic E-state index is 11.3. The molecular weight excluding hydrogens is 254 g/mol. The van der Waals surface area contributed by atoms with Gasteiger partial charge in [0.1, 0.15) is 5.82 Å². The number of carboxylic acid groups (broad SMARTS) is 1. The number of carboxylic acids is 1. The van der Waals surface area contributed by atoms with Crippen molar-refractivity contribution in [2.45, 2.75) is 26.2 Å². The Morgan fingerprint density at radius 3 is 2.25 bits per heavy atom. The lowest BCUT2D eigenvalue weighted by atomic mass is 9.86. The van der Waals surface area contributed by atoms with Gasteiger partial charge in [-0.1, -0.05) is 45.0 Å². The summed E-state index contributed by atoms with van der Waals surface area (Å²) < 4.78 is 1.39. The molecule has 0 bridgehead atoms. The van der Waals surface area contributed by atoms with Crippen molar-refractivity contribution in [3.8, 4) is 11.1 Å². The van der Waals surface area contributed by atoms with Gasteiger partial charge in [-0.15, -0.1) is 0 Å². The molecule has 0 unspecified atom stereocenters. The van der Waals surface area contributed by atoms with Crippen LogP contribution in [-0.4, -0.2) is 20.9 Å². The number of benzene rings is 1. The van der Waals surface area contributed by atoms with E-state index >= 15 is 0 Å². The third-order valence-corrected chi connectivity index (χ3v) is 3.33. The summed E-state index contributed by atoms with van der Waals surface area (Å²) in [5, 5.41) is 13.2. The van der Waals surface area contributed by atoms with Crippen molar-refractivity contribution in [1.29, 1.82) is 0 Å². The van der Waals surface area contributed by atoms with Crippen LogP contribution in [0, 0.1) is 0 Å². The highest BCUT2D eigenvalue weighted by molar-refractivity contribution is 5.97. The molecule has 0 amide bonds. The molecule has 0 radical (unpaired) electrons. The Labute approximate surface area is 118 Å². The minimum absolute atomic E-state index is 0.0199. The number of hydrogen-bond acceptors (Lipinski definition) is 3. The number of aryl methyl sites for hydroxylation is 1. The average molecular weight is 273 g/mol. The van der Waals surface area contributed by atoms with Gasteiger partial charge in [0.15, 0.2) is 5.69 Å². The molecule has 20 heavy (non-hydrogen) atoms. The molecule has 0 spiro atoms. The predicted octanol–water partition coefficient (Wildman–Crippen LogP) is 2.67. The summed E-state index contributed by atoms with van der Waals surface area (Å²) in [6, 6.07) is 7.77. The van der Waals surface area contributed by atoms with Crippen LogP contribution in [0.1, 0.15) is 36.8 Å². The summed E-state index contributed by atoms with van der Waals surface area (Å²) in [6.45, 7) is 6.38. The fourth-order valence-corrected chi connectivity index (χ4v) is 2.11. The highest BCUT2D eigenvalue weighted by Gasteiger charge is 2.21. The zero-order valence-electron chi connectivity index (χ0n) is 12.1. The van der Waals surface area contributed by atoms with Gasteiger partial charge in [-0.3, -0.25) is 4.68 Å². The number of aromatic carboxylic acids is 1. The molecule has 0 atom stereocenters. The molecule has 1 heterocycles. The third kappa shape index (κ3) is 2.39. The van der Waals surface area contributed by atoms with E-state index < -0.39 is 5.97 Å². The van der Waals surface area contributed by atoms with Crippen LogP contribution in [0.5, 0.6) is 0 Å². The largest absolute Gasteiger partial charge is 0.476 e. The smallest absolute Gasteiger partial charge is 0.357 e. The van der Waals surface area contributed by atoms with Gasteiger partial charge in [0.25, 0.3) is 0 Å². The van der Waals surface area contributed by atoms with Crippen LogP contribution in [0.25, 0.3) is 11.1 Å². The Morgan fingerprint density at radius 1 is 1.25 bits per heavy atom. The fourth-order valence-electron chi connectivity index (χ4n) is 2.11. The topological polar surface area (TPSA) is 81.1 Å². The molecule has 1 aromatic carbocycles. The summed E-state index contributed by atoms with van der Waals surface area (Å²) in [5.41, 5.74) is 8.38. The van der Waals surface area contributed by atoms with E-state index in [1.54, 1.807) is 7.05 Å². The molecule has 0 fully saturated rings. The Hall–Kier alpha value is -2.30. The standard InChI is InChI=1S/C15H19N3O2/c1-15(2,3)10-7-5-9(6-8-10)11-12(14(19)20)17-18(4)13(11)16/h5-8H,16H2,1-4H3,(H,19,20). The number of nitrogens with two attached hydrogens (primary N) is 1. The summed E-state index contributed by atoms with van der Waals surface area (Å²) in [7, 11) is 1.63. The quantitative estimate of drug-likeness (QED) is 0.881. The van der Waals surface area contributed by atoms with Crippen LogP contribution in [0.3, 0.4) is 0 Å². The first-order valence-corrected chi connectivity index (χ1v) is 6.38. The van der Waals surface area contributed by atoms with Crippen LogP contribution >= 0.6 is 0 Å². The number of nitrogen functional groups attached to an aromatic ring is 1. The third-order valence-electron chi connectivity index (χ3n) is 3.33. The monoisotopic (exact) mass is 273 g/mol. The van der Waals surface area contributed by atoms with Crippen LogP contribution in [0.4, 0.5) is 5.82 Å². The summed E-state index contributed by atoms with van der Waals surface area (Å²) in [6.07, 6.45) is 0. The van der Waals surface area contributed by atoms with E-state index in [1.807, 2.05) is 24.3 Å². The highest BCUT2D eigenvalue weighted by atomic mass is 16.4. The van der Waals surface area contributed by atoms with E-state index in [4.69, 9.17) is 5.73 Å². The van der Waals surface area contributed by atoms with Crippen LogP contribution in [-0.2, 0) is 12.5 Å². The highest BCUT2D eigenvalue weighted by Crippen LogP contribution is 2.31. The average Bonchev–Trinajstić information content (AvgIpc) is 2.65. The van der Waals surface area contributed by atoms with Crippen LogP contribution < -0.4 is 5.73 Å². The van der Waals surface area contributed by atoms with E-state index in [-0.39, 0.29) is 11.1 Å². The number of aromatic nitrogens is 2. The van der Waals surface area contributed by atoms with Crippen LogP contribution in [0.15, 0.2) is 24.3 Å². The van der Waals surface area contributed by atoms with Crippen molar-refractivity contribution in [3.05, 3.63) is 35.5 Å². The zero-order valence-corrected chi connectivity index (χ0v) is 12.1. The molecule has 106 valence electrons. The van der Waals surface area contributed by atoms with E-state index in [0.717, 1.165) is 5.56 Å². The zero-order chi connectivity index (χ0) is 15.1. The SMILES string of the molecule is Cn1nc(C(=O)O)c(-c2ccc(C(C)(C)C)cc2)c1N. The van der Waals surface area contributed by atoms with Gasteiger partial charge < -0.3 is 10.8 Å². The lowest BCUT2D eigenvalue weighted by Crippen LogP contribution is -2.10. The normalized spacial score (nSPS) is 11.6. The van der Waals surface area contributed by atoms with E-state index in [9.17, 15) is 9.90 Å². The first-order valence-electron chi connectivity index (χ1n) is 6.38. The molecule has 2 rings (SSSR count). The molecule has 5 heteroatoms. The van der Waals surface area contributed by atoms with Gasteiger partial charge in [0.2, 0.25) is 0 Å². The first kappa shape index (κ1) is 14.1. The second-order valence-electron chi connectivity index (χ2n) is 5.86. The Bertz CT molecular complexity index is 649. The Morgan fingerprint density at radius 2 is 1.80 bits per heavy atom. The number of carbonyl (C=O) groups is 1. The van der Waals surface area contributed by atoms with E-state index in [0.29, 0.717) is 11.4 Å². The molecule has 5 nitrogen and oxygen atoms in total. The van der Waals surface area contributed by atoms with Crippen molar-refractivity contribution >= 4 is 11.8 Å². The second kappa shape index (κ2) is 4.67. The van der Waals surface area contributed by atoms with Crippen molar-refractivity contribution in [2.24, 2.45) is 7.05 Å².